The van der Waals surface area contributed by atoms with Crippen LogP contribution in [0, 0.1) is 13.8 Å². The summed E-state index contributed by atoms with van der Waals surface area (Å²) in [5.74, 6) is 1.64. The Kier molecular flexibility index (Phi) is 4.76. The number of hydrogen-bond acceptors (Lipinski definition) is 6. The van der Waals surface area contributed by atoms with Gasteiger partial charge in [0, 0.05) is 12.1 Å². The first-order chi connectivity index (χ1) is 12.3. The molecule has 26 heavy (non-hydrogen) atoms. The summed E-state index contributed by atoms with van der Waals surface area (Å²) in [6.07, 6.45) is 0.496. The predicted octanol–water partition coefficient (Wildman–Crippen LogP) is 3.36. The molecule has 0 amide bonds. The van der Waals surface area contributed by atoms with E-state index in [0.29, 0.717) is 23.7 Å². The zero-order chi connectivity index (χ0) is 18.9. The van der Waals surface area contributed by atoms with Crippen molar-refractivity contribution in [1.29, 1.82) is 0 Å². The minimum atomic E-state index is -0.743. The van der Waals surface area contributed by atoms with Crippen LogP contribution in [0.2, 0.25) is 0 Å². The maximum Gasteiger partial charge on any atom is 0.329 e. The fourth-order valence-corrected chi connectivity index (χ4v) is 3.35. The number of benzene rings is 1. The monoisotopic (exact) mass is 356 g/mol. The van der Waals surface area contributed by atoms with E-state index in [9.17, 15) is 4.79 Å². The summed E-state index contributed by atoms with van der Waals surface area (Å²) in [4.78, 5) is 16.9. The Balaban J connectivity index is 1.83. The van der Waals surface area contributed by atoms with Crippen LogP contribution in [-0.2, 0) is 15.1 Å². The van der Waals surface area contributed by atoms with Crippen molar-refractivity contribution in [2.24, 2.45) is 0 Å². The highest BCUT2D eigenvalue weighted by Crippen LogP contribution is 2.40. The van der Waals surface area contributed by atoms with E-state index in [4.69, 9.17) is 14.2 Å². The molecule has 1 fully saturated rings. The Hall–Kier alpha value is -2.76. The lowest BCUT2D eigenvalue weighted by Gasteiger charge is -2.24. The molecule has 1 aromatic heterocycles. The number of esters is 1. The van der Waals surface area contributed by atoms with Gasteiger partial charge in [-0.05, 0) is 56.2 Å². The average molecular weight is 356 g/mol. The van der Waals surface area contributed by atoms with Crippen LogP contribution in [0.4, 0.5) is 5.82 Å². The van der Waals surface area contributed by atoms with E-state index in [-0.39, 0.29) is 5.97 Å². The Morgan fingerprint density at radius 2 is 1.88 bits per heavy atom. The Morgan fingerprint density at radius 3 is 2.54 bits per heavy atom. The molecule has 2 aromatic rings. The van der Waals surface area contributed by atoms with Crippen LogP contribution in [0.3, 0.4) is 0 Å². The second-order valence-corrected chi connectivity index (χ2v) is 6.79. The van der Waals surface area contributed by atoms with Gasteiger partial charge in [0.15, 0.2) is 11.5 Å². The van der Waals surface area contributed by atoms with Crippen molar-refractivity contribution in [2.45, 2.75) is 38.8 Å². The van der Waals surface area contributed by atoms with Crippen molar-refractivity contribution in [3.63, 3.8) is 0 Å². The van der Waals surface area contributed by atoms with Crippen molar-refractivity contribution in [3.05, 3.63) is 47.2 Å². The molecule has 1 aliphatic rings. The van der Waals surface area contributed by atoms with Crippen LogP contribution >= 0.6 is 0 Å². The second kappa shape index (κ2) is 6.86. The van der Waals surface area contributed by atoms with E-state index in [0.717, 1.165) is 16.8 Å². The number of rotatable bonds is 5. The van der Waals surface area contributed by atoms with Crippen molar-refractivity contribution >= 4 is 11.8 Å². The fourth-order valence-electron chi connectivity index (χ4n) is 3.35. The van der Waals surface area contributed by atoms with Crippen molar-refractivity contribution in [3.8, 4) is 11.5 Å². The summed E-state index contributed by atoms with van der Waals surface area (Å²) in [5.41, 5.74) is 2.12. The molecule has 6 heteroatoms. The van der Waals surface area contributed by atoms with E-state index < -0.39 is 11.6 Å². The van der Waals surface area contributed by atoms with Gasteiger partial charge in [-0.1, -0.05) is 6.07 Å². The molecule has 6 nitrogen and oxygen atoms in total. The van der Waals surface area contributed by atoms with E-state index >= 15 is 0 Å². The molecule has 0 aliphatic carbocycles. The predicted molar refractivity (Wildman–Crippen MR) is 98.7 cm³/mol. The number of carbonyl (C=O) groups is 1. The van der Waals surface area contributed by atoms with Crippen LogP contribution in [-0.4, -0.2) is 31.2 Å². The number of pyridine rings is 1. The molecule has 3 rings (SSSR count). The van der Waals surface area contributed by atoms with Gasteiger partial charge >= 0.3 is 5.97 Å². The van der Waals surface area contributed by atoms with Gasteiger partial charge in [-0.25, -0.2) is 9.78 Å². The van der Waals surface area contributed by atoms with Crippen LogP contribution in [0.15, 0.2) is 30.3 Å². The Bertz CT molecular complexity index is 816. The quantitative estimate of drug-likeness (QED) is 0.829. The molecule has 0 bridgehead atoms. The van der Waals surface area contributed by atoms with Gasteiger partial charge in [-0.3, -0.25) is 0 Å². The summed E-state index contributed by atoms with van der Waals surface area (Å²) in [7, 11) is 3.17. The lowest BCUT2D eigenvalue weighted by molar-refractivity contribution is -0.148. The molecular formula is C20H24N2O4. The van der Waals surface area contributed by atoms with Crippen molar-refractivity contribution < 1.29 is 19.0 Å². The molecule has 1 saturated heterocycles. The largest absolute Gasteiger partial charge is 0.493 e. The smallest absolute Gasteiger partial charge is 0.329 e. The van der Waals surface area contributed by atoms with Gasteiger partial charge in [0.25, 0.3) is 0 Å². The number of ether oxygens (including phenoxy) is 3. The minimum absolute atomic E-state index is 0.289. The molecule has 1 N–H and O–H groups in total. The first kappa shape index (κ1) is 18.0. The van der Waals surface area contributed by atoms with Gasteiger partial charge < -0.3 is 19.5 Å². The molecule has 138 valence electrons. The Labute approximate surface area is 153 Å². The van der Waals surface area contributed by atoms with Gasteiger partial charge in [-0.15, -0.1) is 0 Å². The van der Waals surface area contributed by atoms with Gasteiger partial charge in [0.1, 0.15) is 17.5 Å². The third-order valence-corrected chi connectivity index (χ3v) is 4.62. The standard InChI is InChI=1S/C20H24N2O4/c1-12-8-13(2)21-18(9-12)22-15-11-20(3,26-19(15)23)14-6-7-16(24-4)17(10-14)25-5/h6-10,15H,11H2,1-5H3,(H,21,22). The maximum absolute atomic E-state index is 12.4. The fraction of sp³-hybridized carbons (Fsp3) is 0.400. The van der Waals surface area contributed by atoms with Crippen LogP contribution in [0.5, 0.6) is 11.5 Å². The molecule has 2 unspecified atom stereocenters. The summed E-state index contributed by atoms with van der Waals surface area (Å²) in [6.45, 7) is 5.84. The number of anilines is 1. The molecule has 0 radical (unpaired) electrons. The van der Waals surface area contributed by atoms with Crippen LogP contribution in [0.1, 0.15) is 30.2 Å². The molecule has 2 atom stereocenters. The zero-order valence-electron chi connectivity index (χ0n) is 15.8. The Morgan fingerprint density at radius 1 is 1.15 bits per heavy atom. The molecule has 0 spiro atoms. The normalized spacial score (nSPS) is 22.0. The zero-order valence-corrected chi connectivity index (χ0v) is 15.8. The SMILES string of the molecule is COc1ccc(C2(C)CC(Nc3cc(C)cc(C)n3)C(=O)O2)cc1OC. The topological polar surface area (TPSA) is 69.7 Å². The molecule has 1 aromatic carbocycles. The number of aryl methyl sites for hydroxylation is 2. The molecule has 0 saturated carbocycles. The first-order valence-corrected chi connectivity index (χ1v) is 8.52. The third-order valence-electron chi connectivity index (χ3n) is 4.62. The number of carbonyl (C=O) groups excluding carboxylic acids is 1. The van der Waals surface area contributed by atoms with E-state index in [1.807, 2.05) is 51.1 Å². The summed E-state index contributed by atoms with van der Waals surface area (Å²) in [6, 6.07) is 9.02. The minimum Gasteiger partial charge on any atom is -0.493 e. The van der Waals surface area contributed by atoms with Crippen LogP contribution < -0.4 is 14.8 Å². The van der Waals surface area contributed by atoms with E-state index in [1.165, 1.54) is 0 Å². The summed E-state index contributed by atoms with van der Waals surface area (Å²) >= 11 is 0. The lowest BCUT2D eigenvalue weighted by Crippen LogP contribution is -2.25. The third kappa shape index (κ3) is 3.45. The summed E-state index contributed by atoms with van der Waals surface area (Å²) in [5, 5.41) is 3.21. The molecular weight excluding hydrogens is 332 g/mol. The van der Waals surface area contributed by atoms with E-state index in [2.05, 4.69) is 10.3 Å². The highest BCUT2D eigenvalue weighted by Gasteiger charge is 2.45. The second-order valence-electron chi connectivity index (χ2n) is 6.79. The van der Waals surface area contributed by atoms with E-state index in [1.54, 1.807) is 14.2 Å². The highest BCUT2D eigenvalue weighted by atomic mass is 16.6. The number of cyclic esters (lactones) is 1. The number of aromatic nitrogens is 1. The lowest BCUT2D eigenvalue weighted by atomic mass is 9.91. The van der Waals surface area contributed by atoms with Gasteiger partial charge in [0.2, 0.25) is 0 Å². The van der Waals surface area contributed by atoms with Crippen LogP contribution in [0.25, 0.3) is 0 Å². The number of nitrogens with zero attached hydrogens (tertiary/aromatic N) is 1. The van der Waals surface area contributed by atoms with Crippen molar-refractivity contribution in [2.75, 3.05) is 19.5 Å². The van der Waals surface area contributed by atoms with Crippen molar-refractivity contribution in [1.82, 2.24) is 4.98 Å². The molecule has 2 heterocycles. The maximum atomic E-state index is 12.4. The molecule has 1 aliphatic heterocycles. The highest BCUT2D eigenvalue weighted by molar-refractivity contribution is 5.82. The first-order valence-electron chi connectivity index (χ1n) is 8.52. The number of nitrogens with one attached hydrogen (secondary N) is 1. The number of hydrogen-bond donors (Lipinski definition) is 1. The average Bonchev–Trinajstić information content (AvgIpc) is 2.88. The summed E-state index contributed by atoms with van der Waals surface area (Å²) < 4.78 is 16.4. The van der Waals surface area contributed by atoms with Gasteiger partial charge in [0.05, 0.1) is 14.2 Å². The number of methoxy groups -OCH3 is 2. The van der Waals surface area contributed by atoms with Gasteiger partial charge in [-0.2, -0.15) is 0 Å².